The summed E-state index contributed by atoms with van der Waals surface area (Å²) >= 11 is 0. The van der Waals surface area contributed by atoms with E-state index in [1.54, 1.807) is 18.2 Å². The molecular formula is C19H17FN2O. The van der Waals surface area contributed by atoms with Gasteiger partial charge in [0.25, 0.3) is 5.91 Å². The quantitative estimate of drug-likeness (QED) is 0.845. The standard InChI is InChI=1S/C19H17FN2O/c1-11-8-12(2)16(13(3)9-11)10-17-19(23)22-18(21-17)14-4-6-15(20)7-5-14/h4-10H,1-3H3,(H,21,22,23)/b17-10-. The van der Waals surface area contributed by atoms with Crippen LogP contribution in [-0.4, -0.2) is 11.7 Å². The van der Waals surface area contributed by atoms with Crippen molar-refractivity contribution in [2.75, 3.05) is 0 Å². The Morgan fingerprint density at radius 1 is 1.04 bits per heavy atom. The molecule has 0 spiro atoms. The fourth-order valence-corrected chi connectivity index (χ4v) is 2.77. The first-order valence-electron chi connectivity index (χ1n) is 7.39. The average Bonchev–Trinajstić information content (AvgIpc) is 2.84. The third kappa shape index (κ3) is 3.06. The molecule has 0 aliphatic carbocycles. The number of halogens is 1. The molecule has 23 heavy (non-hydrogen) atoms. The Morgan fingerprint density at radius 3 is 2.26 bits per heavy atom. The summed E-state index contributed by atoms with van der Waals surface area (Å²) in [5.74, 6) is -0.118. The molecule has 2 aromatic rings. The van der Waals surface area contributed by atoms with Gasteiger partial charge < -0.3 is 5.32 Å². The zero-order valence-electron chi connectivity index (χ0n) is 13.3. The second-order valence-electron chi connectivity index (χ2n) is 5.76. The molecule has 0 saturated heterocycles. The minimum Gasteiger partial charge on any atom is -0.305 e. The largest absolute Gasteiger partial charge is 0.305 e. The number of aryl methyl sites for hydroxylation is 3. The van der Waals surface area contributed by atoms with Gasteiger partial charge in [-0.15, -0.1) is 0 Å². The molecule has 0 radical (unpaired) electrons. The molecule has 0 unspecified atom stereocenters. The lowest BCUT2D eigenvalue weighted by Crippen LogP contribution is -2.24. The number of hydrogen-bond donors (Lipinski definition) is 1. The number of nitrogens with zero attached hydrogens (tertiary/aromatic N) is 1. The van der Waals surface area contributed by atoms with Crippen molar-refractivity contribution >= 4 is 17.8 Å². The zero-order valence-corrected chi connectivity index (χ0v) is 13.3. The number of benzene rings is 2. The number of nitrogens with one attached hydrogen (secondary N) is 1. The average molecular weight is 308 g/mol. The smallest absolute Gasteiger partial charge is 0.275 e. The van der Waals surface area contributed by atoms with Crippen LogP contribution in [0.5, 0.6) is 0 Å². The highest BCUT2D eigenvalue weighted by molar-refractivity contribution is 6.19. The van der Waals surface area contributed by atoms with Crippen LogP contribution in [0.1, 0.15) is 27.8 Å². The van der Waals surface area contributed by atoms with E-state index < -0.39 is 0 Å². The van der Waals surface area contributed by atoms with Gasteiger partial charge in [-0.25, -0.2) is 9.38 Å². The van der Waals surface area contributed by atoms with Crippen molar-refractivity contribution in [2.24, 2.45) is 4.99 Å². The van der Waals surface area contributed by atoms with Crippen molar-refractivity contribution in [3.8, 4) is 0 Å². The molecule has 3 nitrogen and oxygen atoms in total. The van der Waals surface area contributed by atoms with Gasteiger partial charge >= 0.3 is 0 Å². The molecule has 0 fully saturated rings. The Bertz CT molecular complexity index is 825. The monoisotopic (exact) mass is 308 g/mol. The van der Waals surface area contributed by atoms with E-state index in [4.69, 9.17) is 0 Å². The number of carbonyl (C=O) groups is 1. The first-order valence-corrected chi connectivity index (χ1v) is 7.39. The summed E-state index contributed by atoms with van der Waals surface area (Å²) in [6.45, 7) is 6.08. The molecule has 0 atom stereocenters. The van der Waals surface area contributed by atoms with Crippen LogP contribution < -0.4 is 5.32 Å². The van der Waals surface area contributed by atoms with E-state index >= 15 is 0 Å². The molecule has 1 aliphatic heterocycles. The van der Waals surface area contributed by atoms with Crippen LogP contribution in [0.25, 0.3) is 6.08 Å². The summed E-state index contributed by atoms with van der Waals surface area (Å²) < 4.78 is 13.0. The van der Waals surface area contributed by atoms with Gasteiger partial charge in [-0.3, -0.25) is 4.79 Å². The maximum absolute atomic E-state index is 13.0. The molecule has 0 bridgehead atoms. The SMILES string of the molecule is Cc1cc(C)c(/C=C2\N=C(c3ccc(F)cc3)NC2=O)c(C)c1. The fraction of sp³-hybridized carbons (Fsp3) is 0.158. The van der Waals surface area contributed by atoms with Crippen molar-refractivity contribution in [2.45, 2.75) is 20.8 Å². The van der Waals surface area contributed by atoms with Crippen molar-refractivity contribution in [1.29, 1.82) is 0 Å². The molecule has 4 heteroatoms. The van der Waals surface area contributed by atoms with E-state index in [1.807, 2.05) is 20.8 Å². The number of rotatable bonds is 2. The lowest BCUT2D eigenvalue weighted by molar-refractivity contribution is -0.115. The summed E-state index contributed by atoms with van der Waals surface area (Å²) in [5.41, 5.74) is 5.44. The van der Waals surface area contributed by atoms with E-state index in [2.05, 4.69) is 22.4 Å². The van der Waals surface area contributed by atoms with E-state index in [0.717, 1.165) is 16.7 Å². The van der Waals surface area contributed by atoms with Gasteiger partial charge in [0.1, 0.15) is 17.3 Å². The minimum atomic E-state index is -0.319. The van der Waals surface area contributed by atoms with Crippen molar-refractivity contribution < 1.29 is 9.18 Å². The first kappa shape index (κ1) is 15.2. The number of amidine groups is 1. The van der Waals surface area contributed by atoms with Gasteiger partial charge in [-0.1, -0.05) is 17.7 Å². The molecule has 1 amide bonds. The summed E-state index contributed by atoms with van der Waals surface area (Å²) in [6, 6.07) is 10.0. The van der Waals surface area contributed by atoms with E-state index in [1.165, 1.54) is 17.7 Å². The third-order valence-electron chi connectivity index (χ3n) is 3.83. The van der Waals surface area contributed by atoms with Gasteiger partial charge in [0.15, 0.2) is 0 Å². The van der Waals surface area contributed by atoms with Gasteiger partial charge in [-0.2, -0.15) is 0 Å². The molecule has 116 valence electrons. The maximum atomic E-state index is 13.0. The molecule has 3 rings (SSSR count). The van der Waals surface area contributed by atoms with Crippen LogP contribution in [0.2, 0.25) is 0 Å². The van der Waals surface area contributed by atoms with Gasteiger partial charge in [0.05, 0.1) is 0 Å². The lowest BCUT2D eigenvalue weighted by Gasteiger charge is -2.07. The topological polar surface area (TPSA) is 41.5 Å². The molecule has 1 heterocycles. The third-order valence-corrected chi connectivity index (χ3v) is 3.83. The fourth-order valence-electron chi connectivity index (χ4n) is 2.77. The Balaban J connectivity index is 2.00. The number of carbonyl (C=O) groups excluding carboxylic acids is 1. The van der Waals surface area contributed by atoms with Crippen LogP contribution in [-0.2, 0) is 4.79 Å². The Hall–Kier alpha value is -2.75. The number of hydrogen-bond acceptors (Lipinski definition) is 2. The lowest BCUT2D eigenvalue weighted by atomic mass is 9.99. The molecule has 1 N–H and O–H groups in total. The highest BCUT2D eigenvalue weighted by Crippen LogP contribution is 2.22. The molecular weight excluding hydrogens is 291 g/mol. The van der Waals surface area contributed by atoms with E-state index in [-0.39, 0.29) is 11.7 Å². The van der Waals surface area contributed by atoms with Crippen LogP contribution in [0.4, 0.5) is 4.39 Å². The second kappa shape index (κ2) is 5.80. The first-order chi connectivity index (χ1) is 10.9. The highest BCUT2D eigenvalue weighted by atomic mass is 19.1. The summed E-state index contributed by atoms with van der Waals surface area (Å²) in [4.78, 5) is 16.5. The minimum absolute atomic E-state index is 0.247. The summed E-state index contributed by atoms with van der Waals surface area (Å²) in [6.07, 6.45) is 1.80. The zero-order chi connectivity index (χ0) is 16.6. The Kier molecular flexibility index (Phi) is 3.82. The maximum Gasteiger partial charge on any atom is 0.275 e. The number of aliphatic imine (C=N–C) groups is 1. The summed E-state index contributed by atoms with van der Waals surface area (Å²) in [5, 5.41) is 2.73. The van der Waals surface area contributed by atoms with E-state index in [9.17, 15) is 9.18 Å². The van der Waals surface area contributed by atoms with Crippen LogP contribution >= 0.6 is 0 Å². The van der Waals surface area contributed by atoms with Crippen LogP contribution in [0.15, 0.2) is 47.1 Å². The Morgan fingerprint density at radius 2 is 1.65 bits per heavy atom. The normalized spacial score (nSPS) is 15.7. The molecule has 2 aromatic carbocycles. The van der Waals surface area contributed by atoms with Gasteiger partial charge in [-0.05, 0) is 67.8 Å². The van der Waals surface area contributed by atoms with Gasteiger partial charge in [0.2, 0.25) is 0 Å². The van der Waals surface area contributed by atoms with Crippen LogP contribution in [0, 0.1) is 26.6 Å². The number of amides is 1. The Labute approximate surface area is 134 Å². The predicted molar refractivity (Wildman–Crippen MR) is 89.7 cm³/mol. The van der Waals surface area contributed by atoms with Crippen LogP contribution in [0.3, 0.4) is 0 Å². The molecule has 0 aromatic heterocycles. The van der Waals surface area contributed by atoms with E-state index in [0.29, 0.717) is 17.1 Å². The van der Waals surface area contributed by atoms with Crippen molar-refractivity contribution in [3.05, 3.63) is 75.7 Å². The highest BCUT2D eigenvalue weighted by Gasteiger charge is 2.21. The van der Waals surface area contributed by atoms with Crippen molar-refractivity contribution in [1.82, 2.24) is 5.32 Å². The second-order valence-corrected chi connectivity index (χ2v) is 5.76. The van der Waals surface area contributed by atoms with Crippen molar-refractivity contribution in [3.63, 3.8) is 0 Å². The molecule has 0 saturated carbocycles. The van der Waals surface area contributed by atoms with Gasteiger partial charge in [0, 0.05) is 5.56 Å². The predicted octanol–water partition coefficient (Wildman–Crippen LogP) is 3.67. The molecule has 1 aliphatic rings. The summed E-state index contributed by atoms with van der Waals surface area (Å²) in [7, 11) is 0.